The van der Waals surface area contributed by atoms with Gasteiger partial charge in [-0.2, -0.15) is 4.39 Å². The van der Waals surface area contributed by atoms with E-state index in [1.807, 2.05) is 18.7 Å². The van der Waals surface area contributed by atoms with Crippen molar-refractivity contribution in [3.05, 3.63) is 39.7 Å². The summed E-state index contributed by atoms with van der Waals surface area (Å²) < 4.78 is 18.9. The van der Waals surface area contributed by atoms with Crippen molar-refractivity contribution in [3.63, 3.8) is 0 Å². The van der Waals surface area contributed by atoms with Gasteiger partial charge in [-0.25, -0.2) is 0 Å². The van der Waals surface area contributed by atoms with Gasteiger partial charge >= 0.3 is 5.69 Å². The van der Waals surface area contributed by atoms with Crippen LogP contribution in [0.15, 0.2) is 18.2 Å². The van der Waals surface area contributed by atoms with E-state index in [0.717, 1.165) is 12.1 Å². The first kappa shape index (κ1) is 15.8. The van der Waals surface area contributed by atoms with Gasteiger partial charge in [0, 0.05) is 25.7 Å². The topological polar surface area (TPSA) is 75.8 Å². The summed E-state index contributed by atoms with van der Waals surface area (Å²) in [5.41, 5.74) is -0.273. The van der Waals surface area contributed by atoms with E-state index in [2.05, 4.69) is 0 Å². The Kier molecular flexibility index (Phi) is 4.87. The van der Waals surface area contributed by atoms with Gasteiger partial charge in [-0.1, -0.05) is 6.07 Å². The second-order valence-corrected chi connectivity index (χ2v) is 5.46. The normalized spacial score (nSPS) is 24.8. The number of aliphatic hydroxyl groups is 1. The summed E-state index contributed by atoms with van der Waals surface area (Å²) in [4.78, 5) is 12.0. The standard InChI is InChI=1S/C14H19FN2O4/c1-9-6-16(7-10(2)21-9)8-14(18)11-3-4-12(15)13(5-11)17(19)20/h3-5,9-10,14,18H,6-8H2,1-2H3. The number of ether oxygens (including phenoxy) is 1. The van der Waals surface area contributed by atoms with Crippen molar-refractivity contribution in [3.8, 4) is 0 Å². The first-order chi connectivity index (χ1) is 9.86. The monoisotopic (exact) mass is 298 g/mol. The molecular formula is C14H19FN2O4. The predicted molar refractivity (Wildman–Crippen MR) is 74.5 cm³/mol. The Balaban J connectivity index is 2.08. The highest BCUT2D eigenvalue weighted by Gasteiger charge is 2.25. The second-order valence-electron chi connectivity index (χ2n) is 5.46. The van der Waals surface area contributed by atoms with Gasteiger partial charge < -0.3 is 9.84 Å². The minimum Gasteiger partial charge on any atom is -0.387 e. The van der Waals surface area contributed by atoms with Crippen molar-refractivity contribution in [2.45, 2.75) is 32.2 Å². The average molecular weight is 298 g/mol. The Morgan fingerprint density at radius 1 is 1.48 bits per heavy atom. The fourth-order valence-corrected chi connectivity index (χ4v) is 2.66. The Bertz CT molecular complexity index is 516. The third kappa shape index (κ3) is 3.96. The molecule has 2 rings (SSSR count). The number of morpholine rings is 1. The van der Waals surface area contributed by atoms with Gasteiger partial charge in [-0.05, 0) is 25.5 Å². The van der Waals surface area contributed by atoms with E-state index in [0.29, 0.717) is 25.2 Å². The van der Waals surface area contributed by atoms with Gasteiger partial charge in [0.2, 0.25) is 5.82 Å². The van der Waals surface area contributed by atoms with Crippen LogP contribution in [0.4, 0.5) is 10.1 Å². The number of nitro groups is 1. The lowest BCUT2D eigenvalue weighted by Gasteiger charge is -2.36. The molecule has 1 heterocycles. The minimum atomic E-state index is -0.901. The van der Waals surface area contributed by atoms with Crippen LogP contribution >= 0.6 is 0 Å². The first-order valence-electron chi connectivity index (χ1n) is 6.86. The highest BCUT2D eigenvalue weighted by Crippen LogP contribution is 2.24. The van der Waals surface area contributed by atoms with Crippen LogP contribution in [0.1, 0.15) is 25.5 Å². The quantitative estimate of drug-likeness (QED) is 0.678. The summed E-state index contributed by atoms with van der Waals surface area (Å²) in [5, 5.41) is 20.9. The number of rotatable bonds is 4. The molecule has 0 aromatic heterocycles. The van der Waals surface area contributed by atoms with Crippen LogP contribution in [0.2, 0.25) is 0 Å². The number of hydrogen-bond donors (Lipinski definition) is 1. The molecule has 3 unspecified atom stereocenters. The molecule has 1 saturated heterocycles. The van der Waals surface area contributed by atoms with E-state index < -0.39 is 22.5 Å². The Morgan fingerprint density at radius 3 is 2.67 bits per heavy atom. The molecule has 0 bridgehead atoms. The van der Waals surface area contributed by atoms with E-state index in [9.17, 15) is 19.6 Å². The molecule has 0 spiro atoms. The molecule has 0 aliphatic carbocycles. The third-order valence-corrected chi connectivity index (χ3v) is 3.48. The summed E-state index contributed by atoms with van der Waals surface area (Å²) in [5.74, 6) is -0.899. The van der Waals surface area contributed by atoms with Crippen LogP contribution < -0.4 is 0 Å². The summed E-state index contributed by atoms with van der Waals surface area (Å²) in [7, 11) is 0. The number of hydrogen-bond acceptors (Lipinski definition) is 5. The largest absolute Gasteiger partial charge is 0.387 e. The number of nitro benzene ring substituents is 1. The second kappa shape index (κ2) is 6.46. The molecule has 0 radical (unpaired) electrons. The molecule has 1 aromatic carbocycles. The number of nitrogens with zero attached hydrogens (tertiary/aromatic N) is 2. The van der Waals surface area contributed by atoms with Crippen molar-refractivity contribution in [1.82, 2.24) is 4.90 Å². The lowest BCUT2D eigenvalue weighted by Crippen LogP contribution is -2.46. The van der Waals surface area contributed by atoms with Crippen molar-refractivity contribution in [2.75, 3.05) is 19.6 Å². The zero-order chi connectivity index (χ0) is 15.6. The summed E-state index contributed by atoms with van der Waals surface area (Å²) in [6.07, 6.45) is -0.756. The summed E-state index contributed by atoms with van der Waals surface area (Å²) in [6.45, 7) is 5.62. The van der Waals surface area contributed by atoms with Crippen LogP contribution in [0.5, 0.6) is 0 Å². The SMILES string of the molecule is CC1CN(CC(O)c2ccc(F)c([N+](=O)[O-])c2)CC(C)O1. The zero-order valence-corrected chi connectivity index (χ0v) is 12.0. The fourth-order valence-electron chi connectivity index (χ4n) is 2.66. The lowest BCUT2D eigenvalue weighted by molar-refractivity contribution is -0.387. The molecule has 7 heteroatoms. The molecule has 1 N–H and O–H groups in total. The Hall–Kier alpha value is -1.57. The maximum Gasteiger partial charge on any atom is 0.305 e. The van der Waals surface area contributed by atoms with Crippen LogP contribution in [0.3, 0.4) is 0 Å². The Labute approximate surface area is 122 Å². The maximum absolute atomic E-state index is 13.3. The number of halogens is 1. The van der Waals surface area contributed by atoms with Crippen molar-refractivity contribution in [1.29, 1.82) is 0 Å². The van der Waals surface area contributed by atoms with Crippen LogP contribution in [-0.2, 0) is 4.74 Å². The number of benzene rings is 1. The van der Waals surface area contributed by atoms with Crippen LogP contribution in [0, 0.1) is 15.9 Å². The van der Waals surface area contributed by atoms with E-state index in [-0.39, 0.29) is 12.2 Å². The van der Waals surface area contributed by atoms with E-state index in [4.69, 9.17) is 4.74 Å². The van der Waals surface area contributed by atoms with Gasteiger partial charge in [0.1, 0.15) is 0 Å². The van der Waals surface area contributed by atoms with E-state index >= 15 is 0 Å². The molecule has 0 amide bonds. The molecule has 1 fully saturated rings. The Morgan fingerprint density at radius 2 is 2.10 bits per heavy atom. The third-order valence-electron chi connectivity index (χ3n) is 3.48. The fraction of sp³-hybridized carbons (Fsp3) is 0.571. The van der Waals surface area contributed by atoms with Crippen molar-refractivity contribution < 1.29 is 19.2 Å². The molecule has 1 aromatic rings. The van der Waals surface area contributed by atoms with E-state index in [1.165, 1.54) is 6.07 Å². The zero-order valence-electron chi connectivity index (χ0n) is 12.0. The lowest BCUT2D eigenvalue weighted by atomic mass is 10.1. The maximum atomic E-state index is 13.3. The molecule has 116 valence electrons. The molecule has 1 aliphatic rings. The van der Waals surface area contributed by atoms with Crippen LogP contribution in [0.25, 0.3) is 0 Å². The summed E-state index contributed by atoms with van der Waals surface area (Å²) >= 11 is 0. The smallest absolute Gasteiger partial charge is 0.305 e. The average Bonchev–Trinajstić information content (AvgIpc) is 2.37. The molecule has 3 atom stereocenters. The van der Waals surface area contributed by atoms with Crippen LogP contribution in [-0.4, -0.2) is 46.8 Å². The minimum absolute atomic E-state index is 0.0727. The van der Waals surface area contributed by atoms with Crippen molar-refractivity contribution in [2.24, 2.45) is 0 Å². The highest BCUT2D eigenvalue weighted by atomic mass is 19.1. The number of aliphatic hydroxyl groups excluding tert-OH is 1. The molecule has 1 aliphatic heterocycles. The molecule has 0 saturated carbocycles. The van der Waals surface area contributed by atoms with Gasteiger partial charge in [0.05, 0.1) is 23.2 Å². The highest BCUT2D eigenvalue weighted by molar-refractivity contribution is 5.37. The molecular weight excluding hydrogens is 279 g/mol. The summed E-state index contributed by atoms with van der Waals surface area (Å²) in [6, 6.07) is 3.48. The predicted octanol–water partition coefficient (Wildman–Crippen LogP) is 1.88. The van der Waals surface area contributed by atoms with Gasteiger partial charge in [-0.15, -0.1) is 0 Å². The van der Waals surface area contributed by atoms with Gasteiger partial charge in [-0.3, -0.25) is 15.0 Å². The first-order valence-corrected chi connectivity index (χ1v) is 6.86. The molecule has 6 nitrogen and oxygen atoms in total. The van der Waals surface area contributed by atoms with E-state index in [1.54, 1.807) is 0 Å². The van der Waals surface area contributed by atoms with Gasteiger partial charge in [0.25, 0.3) is 0 Å². The van der Waals surface area contributed by atoms with Crippen molar-refractivity contribution >= 4 is 5.69 Å². The molecule has 21 heavy (non-hydrogen) atoms. The number of β-amino-alcohol motifs (C(OH)–C–C–N with tert-alkyl or cyclic N) is 1. The van der Waals surface area contributed by atoms with Gasteiger partial charge in [0.15, 0.2) is 0 Å².